The zero-order valence-electron chi connectivity index (χ0n) is 35.5. The normalized spacial score (nSPS) is 10.1. The van der Waals surface area contributed by atoms with Crippen LogP contribution in [0.25, 0.3) is 21.5 Å². The van der Waals surface area contributed by atoms with E-state index in [9.17, 15) is 21.6 Å². The molecular formula is C52H63Br4F3O3S. The van der Waals surface area contributed by atoms with Gasteiger partial charge in [-0.1, -0.05) is 124 Å². The second-order valence-electron chi connectivity index (χ2n) is 13.9. The van der Waals surface area contributed by atoms with Crippen molar-refractivity contribution in [1.29, 1.82) is 0 Å². The highest BCUT2D eigenvalue weighted by molar-refractivity contribution is 9.11. The molecule has 0 saturated heterocycles. The molecule has 4 aromatic carbocycles. The standard InChI is InChI=1S/C30H38Br2.C12H7Br2F3O3S.C10H2.8H2/c1-3-5-7-9-11-13-15-17-19-25-21-27-22-26(30(32)24-28(27)23-29(25)31)20-18-16-14-12-10-8-6-4-2;1-6-2-7-5-11(20-21(18,19)12(15,16)17)10(14)4-8(7)3-9(6)13;1-3-5-7-9-10-8-6-4-2;;;;;;;;/h21-24H,3-16H2,1-2H3;2-5H,1H3;1-2H;8*1H. The fourth-order valence-corrected chi connectivity index (χ4v) is 7.90. The average Bonchev–Trinajstić information content (AvgIpc) is 3.23. The van der Waals surface area contributed by atoms with Crippen LogP contribution in [0, 0.1) is 90.8 Å². The first kappa shape index (κ1) is 54.9. The van der Waals surface area contributed by atoms with Crippen LogP contribution in [0.3, 0.4) is 0 Å². The Labute approximate surface area is 418 Å². The van der Waals surface area contributed by atoms with Gasteiger partial charge in [0.1, 0.15) is 0 Å². The molecule has 0 unspecified atom stereocenters. The number of alkyl halides is 3. The molecule has 344 valence electrons. The number of aryl methyl sites for hydroxylation is 1. The van der Waals surface area contributed by atoms with Gasteiger partial charge in [0.25, 0.3) is 0 Å². The van der Waals surface area contributed by atoms with Crippen molar-refractivity contribution >= 4 is 95.4 Å². The Morgan fingerprint density at radius 2 is 0.937 bits per heavy atom. The smallest absolute Gasteiger partial charge is 0.375 e. The van der Waals surface area contributed by atoms with Crippen LogP contribution in [0.4, 0.5) is 13.2 Å². The van der Waals surface area contributed by atoms with E-state index in [2.05, 4.69) is 177 Å². The topological polar surface area (TPSA) is 43.4 Å². The van der Waals surface area contributed by atoms with E-state index in [1.54, 1.807) is 19.1 Å². The number of unbranched alkanes of at least 4 members (excludes halogenated alkanes) is 12. The average molecular weight is 1140 g/mol. The molecule has 0 aromatic heterocycles. The van der Waals surface area contributed by atoms with Crippen LogP contribution in [0.5, 0.6) is 5.75 Å². The van der Waals surface area contributed by atoms with Gasteiger partial charge < -0.3 is 4.18 Å². The summed E-state index contributed by atoms with van der Waals surface area (Å²) in [7, 11) is -5.70. The van der Waals surface area contributed by atoms with Gasteiger partial charge in [-0.05, 0) is 184 Å². The van der Waals surface area contributed by atoms with E-state index >= 15 is 0 Å². The Balaban J connectivity index is -0.000000184. The fraction of sp³-hybridized carbons (Fsp3) is 0.346. The summed E-state index contributed by atoms with van der Waals surface area (Å²) in [6.07, 6.45) is 27.3. The minimum absolute atomic E-state index is 0. The lowest BCUT2D eigenvalue weighted by Crippen LogP contribution is -2.28. The van der Waals surface area contributed by atoms with Crippen LogP contribution in [0.15, 0.2) is 66.4 Å². The third-order valence-electron chi connectivity index (χ3n) is 8.88. The SMILES string of the molecule is C#CC#CC#CC#CC#C.CCCCCCCCC#Cc1cc2cc(C#CCCCCCCCC)c(Br)cc2cc1Br.Cc1cc2cc(OS(=O)(=O)C(F)(F)F)c(Br)cc2cc1Br.[HH].[HH].[HH].[HH].[HH].[HH].[HH].[HH]. The van der Waals surface area contributed by atoms with Gasteiger partial charge in [0.05, 0.1) is 4.47 Å². The summed E-state index contributed by atoms with van der Waals surface area (Å²) in [5, 5.41) is 3.68. The summed E-state index contributed by atoms with van der Waals surface area (Å²) in [5.74, 6) is 31.5. The van der Waals surface area contributed by atoms with Crippen LogP contribution < -0.4 is 4.18 Å². The minimum atomic E-state index is -5.70. The number of benzene rings is 4. The highest BCUT2D eigenvalue weighted by Gasteiger charge is 2.48. The molecule has 0 radical (unpaired) electrons. The number of halogens is 7. The molecule has 11 heteroatoms. The number of hydrogen-bond donors (Lipinski definition) is 0. The maximum absolute atomic E-state index is 12.3. The van der Waals surface area contributed by atoms with Gasteiger partial charge in [0.15, 0.2) is 5.75 Å². The van der Waals surface area contributed by atoms with E-state index in [1.807, 2.05) is 0 Å². The van der Waals surface area contributed by atoms with Gasteiger partial charge in [-0.3, -0.25) is 0 Å². The van der Waals surface area contributed by atoms with Crippen molar-refractivity contribution in [2.24, 2.45) is 0 Å². The highest BCUT2D eigenvalue weighted by atomic mass is 79.9. The first-order valence-corrected chi connectivity index (χ1v) is 24.9. The van der Waals surface area contributed by atoms with Gasteiger partial charge in [-0.15, -0.1) is 12.8 Å². The molecule has 0 amide bonds. The lowest BCUT2D eigenvalue weighted by molar-refractivity contribution is -0.0500. The van der Waals surface area contributed by atoms with E-state index < -0.39 is 21.4 Å². The van der Waals surface area contributed by atoms with Crippen LogP contribution in [-0.4, -0.2) is 13.9 Å². The maximum atomic E-state index is 12.3. The molecule has 0 bridgehead atoms. The maximum Gasteiger partial charge on any atom is 0.534 e. The van der Waals surface area contributed by atoms with Crippen molar-refractivity contribution in [3.63, 3.8) is 0 Å². The van der Waals surface area contributed by atoms with Gasteiger partial charge in [0.2, 0.25) is 0 Å². The summed E-state index contributed by atoms with van der Waals surface area (Å²) in [6.45, 7) is 6.33. The molecule has 0 fully saturated rings. The summed E-state index contributed by atoms with van der Waals surface area (Å²) >= 11 is 13.8. The molecule has 4 aromatic rings. The van der Waals surface area contributed by atoms with E-state index in [4.69, 9.17) is 12.8 Å². The lowest BCUT2D eigenvalue weighted by atomic mass is 10.0. The Bertz CT molecular complexity index is 2630. The quantitative estimate of drug-likeness (QED) is 0.0547. The van der Waals surface area contributed by atoms with Crippen molar-refractivity contribution in [1.82, 2.24) is 0 Å². The minimum Gasteiger partial charge on any atom is -0.375 e. The molecular weight excluding hydrogens is 1080 g/mol. The van der Waals surface area contributed by atoms with E-state index in [-0.39, 0.29) is 15.9 Å². The van der Waals surface area contributed by atoms with E-state index in [1.165, 1.54) is 100.0 Å². The van der Waals surface area contributed by atoms with Crippen molar-refractivity contribution in [3.8, 4) is 89.6 Å². The Kier molecular flexibility index (Phi) is 26.2. The molecule has 63 heavy (non-hydrogen) atoms. The second kappa shape index (κ2) is 30.0. The van der Waals surface area contributed by atoms with Gasteiger partial charge in [-0.25, -0.2) is 0 Å². The molecule has 0 heterocycles. The van der Waals surface area contributed by atoms with Crippen molar-refractivity contribution in [2.75, 3.05) is 0 Å². The van der Waals surface area contributed by atoms with E-state index in [0.717, 1.165) is 48.3 Å². The highest BCUT2D eigenvalue weighted by Crippen LogP contribution is 2.36. The first-order chi connectivity index (χ1) is 30.1. The fourth-order valence-electron chi connectivity index (χ4n) is 5.60. The van der Waals surface area contributed by atoms with Crippen molar-refractivity contribution < 1.29 is 37.2 Å². The largest absolute Gasteiger partial charge is 0.534 e. The van der Waals surface area contributed by atoms with Crippen LogP contribution in [0.1, 0.15) is 132 Å². The molecule has 0 saturated carbocycles. The van der Waals surface area contributed by atoms with Crippen LogP contribution >= 0.6 is 63.7 Å². The van der Waals surface area contributed by atoms with Crippen molar-refractivity contribution in [3.05, 3.63) is 83.1 Å². The Hall–Kier alpha value is -4.22. The molecule has 0 aliphatic carbocycles. The summed E-state index contributed by atoms with van der Waals surface area (Å²) in [6, 6.07) is 14.9. The van der Waals surface area contributed by atoms with Gasteiger partial charge >= 0.3 is 15.6 Å². The molecule has 4 rings (SSSR count). The summed E-state index contributed by atoms with van der Waals surface area (Å²) < 4.78 is 66.4. The van der Waals surface area contributed by atoms with Crippen LogP contribution in [-0.2, 0) is 10.1 Å². The predicted molar refractivity (Wildman–Crippen MR) is 287 cm³/mol. The van der Waals surface area contributed by atoms with E-state index in [0.29, 0.717) is 5.39 Å². The molecule has 0 aliphatic rings. The number of rotatable bonds is 14. The van der Waals surface area contributed by atoms with Gasteiger partial charge in [0, 0.05) is 48.8 Å². The van der Waals surface area contributed by atoms with Crippen molar-refractivity contribution in [2.45, 2.75) is 116 Å². The summed E-state index contributed by atoms with van der Waals surface area (Å²) in [5.41, 5.74) is -2.49. The Morgan fingerprint density at radius 1 is 0.556 bits per heavy atom. The molecule has 0 N–H and O–H groups in total. The molecule has 0 aliphatic heterocycles. The molecule has 3 nitrogen and oxygen atoms in total. The third kappa shape index (κ3) is 20.9. The predicted octanol–water partition coefficient (Wildman–Crippen LogP) is 17.7. The zero-order valence-corrected chi connectivity index (χ0v) is 42.6. The Morgan fingerprint density at radius 3 is 1.38 bits per heavy atom. The monoisotopic (exact) mass is 1140 g/mol. The second-order valence-corrected chi connectivity index (χ2v) is 18.9. The molecule has 0 spiro atoms. The number of terminal acetylenes is 2. The van der Waals surface area contributed by atoms with Crippen LogP contribution in [0.2, 0.25) is 0 Å². The van der Waals surface area contributed by atoms with Gasteiger partial charge in [-0.2, -0.15) is 21.6 Å². The third-order valence-corrected chi connectivity index (χ3v) is 12.6. The first-order valence-electron chi connectivity index (χ1n) is 20.3. The number of hydrogen-bond acceptors (Lipinski definition) is 3. The number of fused-ring (bicyclic) bond motifs is 2. The zero-order chi connectivity index (χ0) is 46.7. The lowest BCUT2D eigenvalue weighted by Gasteiger charge is -2.12. The molecule has 0 atom stereocenters. The summed E-state index contributed by atoms with van der Waals surface area (Å²) in [4.78, 5) is 0.